The Morgan fingerprint density at radius 2 is 1.92 bits per heavy atom. The minimum atomic E-state index is -0.377. The molecule has 0 bridgehead atoms. The maximum atomic E-state index is 11.3. The summed E-state index contributed by atoms with van der Waals surface area (Å²) in [6, 6.07) is 10.2. The second-order valence-electron chi connectivity index (χ2n) is 5.59. The van der Waals surface area contributed by atoms with E-state index in [0.717, 1.165) is 17.7 Å². The zero-order valence-corrected chi connectivity index (χ0v) is 14.0. The zero-order chi connectivity index (χ0) is 17.6. The molecule has 0 saturated carbocycles. The van der Waals surface area contributed by atoms with Gasteiger partial charge in [0.15, 0.2) is 11.5 Å². The van der Waals surface area contributed by atoms with Crippen LogP contribution in [-0.2, 0) is 11.2 Å². The molecule has 0 radical (unpaired) electrons. The first kappa shape index (κ1) is 17.0. The second-order valence-corrected chi connectivity index (χ2v) is 5.59. The SMILES string of the molecule is COC(=O)c1ccc(OCCCOc2cc3c(cc2O)CCO3)cc1. The summed E-state index contributed by atoms with van der Waals surface area (Å²) in [5, 5.41) is 9.95. The Hall–Kier alpha value is -2.89. The van der Waals surface area contributed by atoms with E-state index in [4.69, 9.17) is 14.2 Å². The number of aromatic hydroxyl groups is 1. The van der Waals surface area contributed by atoms with Gasteiger partial charge in [0.1, 0.15) is 11.5 Å². The van der Waals surface area contributed by atoms with Crippen LogP contribution >= 0.6 is 0 Å². The molecule has 6 heteroatoms. The molecule has 0 atom stereocenters. The monoisotopic (exact) mass is 344 g/mol. The third-order valence-electron chi connectivity index (χ3n) is 3.86. The molecule has 3 rings (SSSR count). The van der Waals surface area contributed by atoms with Gasteiger partial charge in [-0.2, -0.15) is 0 Å². The normalized spacial score (nSPS) is 12.2. The van der Waals surface area contributed by atoms with E-state index >= 15 is 0 Å². The fourth-order valence-corrected chi connectivity index (χ4v) is 2.55. The lowest BCUT2D eigenvalue weighted by atomic mass is 10.1. The van der Waals surface area contributed by atoms with Gasteiger partial charge in [-0.25, -0.2) is 4.79 Å². The molecule has 1 heterocycles. The number of carbonyl (C=O) groups is 1. The molecular formula is C19H20O6. The Morgan fingerprint density at radius 3 is 2.68 bits per heavy atom. The van der Waals surface area contributed by atoms with Crippen LogP contribution in [0.5, 0.6) is 23.0 Å². The Kier molecular flexibility index (Phi) is 5.28. The van der Waals surface area contributed by atoms with Crippen molar-refractivity contribution in [1.29, 1.82) is 0 Å². The van der Waals surface area contributed by atoms with Crippen molar-refractivity contribution in [3.63, 3.8) is 0 Å². The Bertz CT molecular complexity index is 738. The van der Waals surface area contributed by atoms with Crippen molar-refractivity contribution in [2.24, 2.45) is 0 Å². The van der Waals surface area contributed by atoms with Gasteiger partial charge >= 0.3 is 5.97 Å². The van der Waals surface area contributed by atoms with E-state index in [1.54, 1.807) is 36.4 Å². The van der Waals surface area contributed by atoms with Crippen LogP contribution in [0.15, 0.2) is 36.4 Å². The summed E-state index contributed by atoms with van der Waals surface area (Å²) in [5.74, 6) is 1.61. The Balaban J connectivity index is 1.42. The maximum absolute atomic E-state index is 11.3. The van der Waals surface area contributed by atoms with E-state index in [0.29, 0.717) is 43.3 Å². The fourth-order valence-electron chi connectivity index (χ4n) is 2.55. The van der Waals surface area contributed by atoms with Gasteiger partial charge in [-0.1, -0.05) is 0 Å². The molecule has 1 aliphatic rings. The average Bonchev–Trinajstić information content (AvgIpc) is 3.08. The van der Waals surface area contributed by atoms with Gasteiger partial charge < -0.3 is 24.1 Å². The van der Waals surface area contributed by atoms with Gasteiger partial charge in [0.2, 0.25) is 0 Å². The molecule has 1 N–H and O–H groups in total. The molecule has 2 aromatic rings. The zero-order valence-electron chi connectivity index (χ0n) is 14.0. The first-order valence-electron chi connectivity index (χ1n) is 8.10. The van der Waals surface area contributed by atoms with Crippen molar-refractivity contribution in [3.8, 4) is 23.0 Å². The number of rotatable bonds is 7. The first-order chi connectivity index (χ1) is 12.2. The molecule has 0 unspecified atom stereocenters. The number of esters is 1. The quantitative estimate of drug-likeness (QED) is 0.615. The largest absolute Gasteiger partial charge is 0.504 e. The lowest BCUT2D eigenvalue weighted by molar-refractivity contribution is 0.0600. The summed E-state index contributed by atoms with van der Waals surface area (Å²) >= 11 is 0. The molecule has 25 heavy (non-hydrogen) atoms. The average molecular weight is 344 g/mol. The van der Waals surface area contributed by atoms with E-state index in [1.807, 2.05) is 0 Å². The van der Waals surface area contributed by atoms with Crippen LogP contribution in [0.2, 0.25) is 0 Å². The minimum absolute atomic E-state index is 0.128. The number of hydrogen-bond donors (Lipinski definition) is 1. The maximum Gasteiger partial charge on any atom is 0.337 e. The van der Waals surface area contributed by atoms with Gasteiger partial charge in [-0.3, -0.25) is 0 Å². The number of ether oxygens (including phenoxy) is 4. The third kappa shape index (κ3) is 4.15. The highest BCUT2D eigenvalue weighted by Crippen LogP contribution is 2.36. The van der Waals surface area contributed by atoms with E-state index in [-0.39, 0.29) is 11.7 Å². The number of carbonyl (C=O) groups excluding carboxylic acids is 1. The van der Waals surface area contributed by atoms with Gasteiger partial charge in [0, 0.05) is 24.5 Å². The number of benzene rings is 2. The molecule has 0 spiro atoms. The van der Waals surface area contributed by atoms with Crippen LogP contribution in [0, 0.1) is 0 Å². The summed E-state index contributed by atoms with van der Waals surface area (Å²) in [6.07, 6.45) is 1.46. The topological polar surface area (TPSA) is 74.2 Å². The van der Waals surface area contributed by atoms with Crippen LogP contribution < -0.4 is 14.2 Å². The first-order valence-corrected chi connectivity index (χ1v) is 8.10. The van der Waals surface area contributed by atoms with Crippen molar-refractivity contribution < 1.29 is 28.8 Å². The van der Waals surface area contributed by atoms with Crippen LogP contribution in [0.1, 0.15) is 22.3 Å². The van der Waals surface area contributed by atoms with Crippen molar-refractivity contribution in [2.75, 3.05) is 26.9 Å². The van der Waals surface area contributed by atoms with Gasteiger partial charge in [-0.05, 0) is 30.3 Å². The van der Waals surface area contributed by atoms with Crippen LogP contribution in [-0.4, -0.2) is 38.0 Å². The minimum Gasteiger partial charge on any atom is -0.504 e. The number of fused-ring (bicyclic) bond motifs is 1. The molecule has 132 valence electrons. The van der Waals surface area contributed by atoms with E-state index in [1.165, 1.54) is 7.11 Å². The summed E-state index contributed by atoms with van der Waals surface area (Å²) < 4.78 is 21.3. The second kappa shape index (κ2) is 7.79. The molecular weight excluding hydrogens is 324 g/mol. The van der Waals surface area contributed by atoms with Crippen LogP contribution in [0.3, 0.4) is 0 Å². The Labute approximate surface area is 145 Å². The molecule has 6 nitrogen and oxygen atoms in total. The van der Waals surface area contributed by atoms with Crippen molar-refractivity contribution in [2.45, 2.75) is 12.8 Å². The number of methoxy groups -OCH3 is 1. The number of phenols is 1. The molecule has 1 aliphatic heterocycles. The van der Waals surface area contributed by atoms with Gasteiger partial charge in [0.05, 0.1) is 32.5 Å². The number of phenolic OH excluding ortho intramolecular Hbond substituents is 1. The lowest BCUT2D eigenvalue weighted by Crippen LogP contribution is -2.06. The van der Waals surface area contributed by atoms with Crippen molar-refractivity contribution in [1.82, 2.24) is 0 Å². The summed E-state index contributed by atoms with van der Waals surface area (Å²) in [4.78, 5) is 11.3. The lowest BCUT2D eigenvalue weighted by Gasteiger charge is -2.11. The summed E-state index contributed by atoms with van der Waals surface area (Å²) in [7, 11) is 1.34. The highest BCUT2D eigenvalue weighted by molar-refractivity contribution is 5.89. The molecule has 0 amide bonds. The predicted octanol–water partition coefficient (Wildman–Crippen LogP) is 2.96. The van der Waals surface area contributed by atoms with Crippen LogP contribution in [0.25, 0.3) is 0 Å². The predicted molar refractivity (Wildman–Crippen MR) is 90.7 cm³/mol. The summed E-state index contributed by atoms with van der Waals surface area (Å²) in [5.41, 5.74) is 1.48. The molecule has 0 aromatic heterocycles. The van der Waals surface area contributed by atoms with Crippen LogP contribution in [0.4, 0.5) is 0 Å². The molecule has 0 aliphatic carbocycles. The van der Waals surface area contributed by atoms with Gasteiger partial charge in [-0.15, -0.1) is 0 Å². The highest BCUT2D eigenvalue weighted by Gasteiger charge is 2.16. The van der Waals surface area contributed by atoms with E-state index in [9.17, 15) is 9.90 Å². The Morgan fingerprint density at radius 1 is 1.16 bits per heavy atom. The number of hydrogen-bond acceptors (Lipinski definition) is 6. The van der Waals surface area contributed by atoms with E-state index in [2.05, 4.69) is 4.74 Å². The fraction of sp³-hybridized carbons (Fsp3) is 0.316. The molecule has 0 fully saturated rings. The van der Waals surface area contributed by atoms with Crippen molar-refractivity contribution in [3.05, 3.63) is 47.5 Å². The molecule has 2 aromatic carbocycles. The molecule has 0 saturated heterocycles. The van der Waals surface area contributed by atoms with Crippen molar-refractivity contribution >= 4 is 5.97 Å². The third-order valence-corrected chi connectivity index (χ3v) is 3.86. The summed E-state index contributed by atoms with van der Waals surface area (Å²) in [6.45, 7) is 1.51. The standard InChI is InChI=1S/C19H20O6/c1-22-19(21)13-3-5-15(6-4-13)23-8-2-9-24-18-12-17-14(7-10-25-17)11-16(18)20/h3-6,11-12,20H,2,7-10H2,1H3. The smallest absolute Gasteiger partial charge is 0.337 e. The van der Waals surface area contributed by atoms with Gasteiger partial charge in [0.25, 0.3) is 0 Å². The van der Waals surface area contributed by atoms with E-state index < -0.39 is 0 Å². The highest BCUT2D eigenvalue weighted by atomic mass is 16.5.